The SMILES string of the molecule is COc1cc(/C=N\NC(=O)c2cccc(I)c2)cc(I)c1OS(=O)(=O)c1ccc([N+](=O)[O-])cc1. The van der Waals surface area contributed by atoms with Crippen molar-refractivity contribution in [3.8, 4) is 11.5 Å². The zero-order chi connectivity index (χ0) is 24.9. The number of nitrogens with zero attached hydrogens (tertiary/aromatic N) is 2. The first-order valence-electron chi connectivity index (χ1n) is 9.26. The molecule has 0 fully saturated rings. The molecule has 0 atom stereocenters. The molecule has 0 saturated heterocycles. The number of carbonyl (C=O) groups is 1. The predicted octanol–water partition coefficient (Wildman–Crippen LogP) is 4.34. The third-order valence-electron chi connectivity index (χ3n) is 4.25. The fourth-order valence-corrected chi connectivity index (χ4v) is 5.03. The summed E-state index contributed by atoms with van der Waals surface area (Å²) in [5, 5.41) is 14.7. The van der Waals surface area contributed by atoms with Crippen molar-refractivity contribution in [3.05, 3.63) is 89.0 Å². The van der Waals surface area contributed by atoms with Gasteiger partial charge in [-0.3, -0.25) is 14.9 Å². The predicted molar refractivity (Wildman–Crippen MR) is 141 cm³/mol. The van der Waals surface area contributed by atoms with Gasteiger partial charge in [0.15, 0.2) is 11.5 Å². The van der Waals surface area contributed by atoms with Crippen molar-refractivity contribution in [2.45, 2.75) is 4.90 Å². The van der Waals surface area contributed by atoms with E-state index in [4.69, 9.17) is 8.92 Å². The molecule has 0 heterocycles. The van der Waals surface area contributed by atoms with Gasteiger partial charge in [-0.2, -0.15) is 13.5 Å². The monoisotopic (exact) mass is 707 g/mol. The normalized spacial score (nSPS) is 11.3. The molecule has 3 rings (SSSR count). The van der Waals surface area contributed by atoms with Crippen LogP contribution in [0, 0.1) is 17.3 Å². The molecule has 0 saturated carbocycles. The molecule has 0 spiro atoms. The molecule has 176 valence electrons. The highest BCUT2D eigenvalue weighted by Gasteiger charge is 2.22. The summed E-state index contributed by atoms with van der Waals surface area (Å²) in [6, 6.07) is 14.4. The van der Waals surface area contributed by atoms with Gasteiger partial charge >= 0.3 is 10.1 Å². The number of hydrogen-bond acceptors (Lipinski definition) is 8. The lowest BCUT2D eigenvalue weighted by Gasteiger charge is -2.13. The van der Waals surface area contributed by atoms with Gasteiger partial charge in [0.25, 0.3) is 11.6 Å². The van der Waals surface area contributed by atoms with Crippen LogP contribution in [0.3, 0.4) is 0 Å². The number of methoxy groups -OCH3 is 1. The zero-order valence-electron chi connectivity index (χ0n) is 17.3. The topological polar surface area (TPSA) is 137 Å². The van der Waals surface area contributed by atoms with Gasteiger partial charge in [0.2, 0.25) is 0 Å². The van der Waals surface area contributed by atoms with Gasteiger partial charge in [-0.15, -0.1) is 0 Å². The van der Waals surface area contributed by atoms with Crippen LogP contribution in [0.5, 0.6) is 11.5 Å². The summed E-state index contributed by atoms with van der Waals surface area (Å²) in [6.45, 7) is 0. The van der Waals surface area contributed by atoms with Gasteiger partial charge in [-0.05, 0) is 93.2 Å². The molecule has 0 bridgehead atoms. The summed E-state index contributed by atoms with van der Waals surface area (Å²) in [7, 11) is -2.94. The highest BCUT2D eigenvalue weighted by molar-refractivity contribution is 14.1. The lowest BCUT2D eigenvalue weighted by atomic mass is 10.2. The number of rotatable bonds is 8. The fourth-order valence-electron chi connectivity index (χ4n) is 2.65. The minimum absolute atomic E-state index is 0.0542. The molecular formula is C21H15I2N3O7S. The number of non-ortho nitro benzene ring substituents is 1. The molecule has 0 aliphatic rings. The maximum atomic E-state index is 12.7. The lowest BCUT2D eigenvalue weighted by Crippen LogP contribution is -2.17. The van der Waals surface area contributed by atoms with Crippen molar-refractivity contribution in [2.75, 3.05) is 7.11 Å². The summed E-state index contributed by atoms with van der Waals surface area (Å²) in [6.07, 6.45) is 1.38. The summed E-state index contributed by atoms with van der Waals surface area (Å²) >= 11 is 3.98. The van der Waals surface area contributed by atoms with Crippen LogP contribution in [-0.4, -0.2) is 32.6 Å². The van der Waals surface area contributed by atoms with Crippen molar-refractivity contribution in [3.63, 3.8) is 0 Å². The molecule has 34 heavy (non-hydrogen) atoms. The maximum absolute atomic E-state index is 12.7. The molecule has 0 aromatic heterocycles. The molecule has 0 aliphatic heterocycles. The van der Waals surface area contributed by atoms with Crippen molar-refractivity contribution in [1.82, 2.24) is 5.43 Å². The highest BCUT2D eigenvalue weighted by atomic mass is 127. The van der Waals surface area contributed by atoms with Gasteiger partial charge in [-0.1, -0.05) is 6.07 Å². The van der Waals surface area contributed by atoms with E-state index in [1.165, 1.54) is 19.4 Å². The van der Waals surface area contributed by atoms with Crippen molar-refractivity contribution in [1.29, 1.82) is 0 Å². The molecule has 13 heteroatoms. The number of carbonyl (C=O) groups excluding carboxylic acids is 1. The first kappa shape index (κ1) is 25.8. The van der Waals surface area contributed by atoms with Crippen LogP contribution in [0.15, 0.2) is 70.7 Å². The summed E-state index contributed by atoms with van der Waals surface area (Å²) in [5.74, 6) is -0.324. The number of amides is 1. The largest absolute Gasteiger partial charge is 0.493 e. The average molecular weight is 707 g/mol. The standard InChI is InChI=1S/C21H15I2N3O7S/c1-32-19-10-13(12-24-25-21(27)14-3-2-4-15(22)11-14)9-18(23)20(19)33-34(30,31)17-7-5-16(6-8-17)26(28)29/h2-12H,1H3,(H,25,27)/b24-12-. The van der Waals surface area contributed by atoms with Crippen LogP contribution >= 0.6 is 45.2 Å². The van der Waals surface area contributed by atoms with E-state index >= 15 is 0 Å². The molecule has 0 radical (unpaired) electrons. The van der Waals surface area contributed by atoms with Gasteiger partial charge < -0.3 is 8.92 Å². The maximum Gasteiger partial charge on any atom is 0.339 e. The number of hydrogen-bond donors (Lipinski definition) is 1. The first-order chi connectivity index (χ1) is 16.1. The van der Waals surface area contributed by atoms with Crippen LogP contribution in [0.1, 0.15) is 15.9 Å². The van der Waals surface area contributed by atoms with E-state index in [1.807, 2.05) is 28.7 Å². The smallest absolute Gasteiger partial charge is 0.339 e. The van der Waals surface area contributed by atoms with E-state index in [1.54, 1.807) is 24.3 Å². The van der Waals surface area contributed by atoms with E-state index in [-0.39, 0.29) is 28.0 Å². The fraction of sp³-hybridized carbons (Fsp3) is 0.0476. The molecule has 10 nitrogen and oxygen atoms in total. The second-order valence-corrected chi connectivity index (χ2v) is 10.5. The Morgan fingerprint density at radius 3 is 2.44 bits per heavy atom. The lowest BCUT2D eigenvalue weighted by molar-refractivity contribution is -0.384. The first-order valence-corrected chi connectivity index (χ1v) is 12.8. The van der Waals surface area contributed by atoms with Gasteiger partial charge in [0, 0.05) is 21.3 Å². The number of ether oxygens (including phenoxy) is 1. The van der Waals surface area contributed by atoms with Crippen molar-refractivity contribution < 1.29 is 27.1 Å². The Bertz CT molecular complexity index is 1380. The van der Waals surface area contributed by atoms with Crippen molar-refractivity contribution in [2.24, 2.45) is 5.10 Å². The average Bonchev–Trinajstić information content (AvgIpc) is 2.80. The Morgan fingerprint density at radius 1 is 1.12 bits per heavy atom. The van der Waals surface area contributed by atoms with Crippen LogP contribution in [0.25, 0.3) is 0 Å². The van der Waals surface area contributed by atoms with E-state index in [0.717, 1.165) is 27.8 Å². The third kappa shape index (κ3) is 6.41. The van der Waals surface area contributed by atoms with Crippen molar-refractivity contribution >= 4 is 73.1 Å². The second kappa shape index (κ2) is 11.1. The van der Waals surface area contributed by atoms with Gasteiger partial charge in [0.1, 0.15) is 4.90 Å². The van der Waals surface area contributed by atoms with Gasteiger partial charge in [0.05, 0.1) is 21.8 Å². The third-order valence-corrected chi connectivity index (χ3v) is 6.96. The van der Waals surface area contributed by atoms with Gasteiger partial charge in [-0.25, -0.2) is 5.43 Å². The molecular weight excluding hydrogens is 692 g/mol. The van der Waals surface area contributed by atoms with E-state index < -0.39 is 15.0 Å². The van der Waals surface area contributed by atoms with E-state index in [0.29, 0.717) is 14.7 Å². The second-order valence-electron chi connectivity index (χ2n) is 6.53. The molecule has 1 N–H and O–H groups in total. The Labute approximate surface area is 221 Å². The highest BCUT2D eigenvalue weighted by Crippen LogP contribution is 2.35. The number of nitro benzene ring substituents is 1. The number of nitrogens with one attached hydrogen (secondary N) is 1. The van der Waals surface area contributed by atoms with Crippen LogP contribution in [0.2, 0.25) is 0 Å². The Balaban J connectivity index is 1.79. The van der Waals surface area contributed by atoms with E-state index in [2.05, 4.69) is 33.1 Å². The molecule has 3 aromatic rings. The molecule has 3 aromatic carbocycles. The Morgan fingerprint density at radius 2 is 1.82 bits per heavy atom. The van der Waals surface area contributed by atoms with Crippen LogP contribution < -0.4 is 14.3 Å². The summed E-state index contributed by atoms with van der Waals surface area (Å²) in [4.78, 5) is 22.1. The zero-order valence-corrected chi connectivity index (χ0v) is 22.4. The molecule has 1 amide bonds. The van der Waals surface area contributed by atoms with E-state index in [9.17, 15) is 23.3 Å². The number of benzene rings is 3. The number of halogens is 2. The quantitative estimate of drug-likeness (QED) is 0.121. The number of hydrazone groups is 1. The molecule has 0 aliphatic carbocycles. The minimum atomic E-state index is -4.28. The van der Waals surface area contributed by atoms with Crippen LogP contribution in [-0.2, 0) is 10.1 Å². The minimum Gasteiger partial charge on any atom is -0.493 e. The van der Waals surface area contributed by atoms with Crippen LogP contribution in [0.4, 0.5) is 5.69 Å². The Kier molecular flexibility index (Phi) is 8.42. The summed E-state index contributed by atoms with van der Waals surface area (Å²) < 4.78 is 37.2. The summed E-state index contributed by atoms with van der Waals surface area (Å²) in [5.41, 5.74) is 3.15. The molecule has 0 unspecified atom stereocenters. The Hall–Kier alpha value is -2.79. The number of nitro groups is 1.